The maximum Gasteiger partial charge on any atom is 0.148 e. The van der Waals surface area contributed by atoms with Crippen molar-refractivity contribution >= 4 is 41.7 Å². The van der Waals surface area contributed by atoms with Gasteiger partial charge in [0.1, 0.15) is 34.6 Å². The number of likely N-dealkylation sites (tertiary alicyclic amines) is 1. The second kappa shape index (κ2) is 11.5. The molecule has 0 aliphatic carbocycles. The number of imidazole rings is 1. The maximum atomic E-state index is 6.85. The number of nitrogens with zero attached hydrogens (tertiary/aromatic N) is 7. The summed E-state index contributed by atoms with van der Waals surface area (Å²) < 4.78 is 16.3. The minimum Gasteiger partial charge on any atom is -0.456 e. The Morgan fingerprint density at radius 1 is 1.00 bits per heavy atom. The minimum atomic E-state index is -1.15. The Bertz CT molecular complexity index is 1690. The molecule has 6 rings (SSSR count). The van der Waals surface area contributed by atoms with E-state index >= 15 is 0 Å². The van der Waals surface area contributed by atoms with E-state index in [4.69, 9.17) is 31.0 Å². The molecular weight excluding hydrogens is 554 g/mol. The highest BCUT2D eigenvalue weighted by Crippen LogP contribution is 2.36. The molecular formula is C30H36ClN7O2Si. The van der Waals surface area contributed by atoms with Gasteiger partial charge in [-0.25, -0.2) is 9.97 Å². The highest BCUT2D eigenvalue weighted by Gasteiger charge is 2.17. The molecule has 11 heteroatoms. The SMILES string of the molecule is Cc1nc2ccc(Oc3ccc4ncc(-c5cnn(CCN6CCC6)c5)nc4c3Cl)cc2n1COCC[Si](C)(C)C. The van der Waals surface area contributed by atoms with Crippen LogP contribution in [0.3, 0.4) is 0 Å². The Balaban J connectivity index is 1.21. The van der Waals surface area contributed by atoms with Crippen LogP contribution in [0, 0.1) is 6.92 Å². The molecule has 1 fully saturated rings. The highest BCUT2D eigenvalue weighted by molar-refractivity contribution is 6.76. The number of aromatic nitrogens is 6. The van der Waals surface area contributed by atoms with Gasteiger partial charge in [-0.3, -0.25) is 9.67 Å². The summed E-state index contributed by atoms with van der Waals surface area (Å²) in [4.78, 5) is 16.6. The lowest BCUT2D eigenvalue weighted by atomic mass is 10.2. The van der Waals surface area contributed by atoms with Crippen LogP contribution in [0.15, 0.2) is 48.9 Å². The van der Waals surface area contributed by atoms with Crippen LogP contribution < -0.4 is 4.74 Å². The molecule has 1 aliphatic rings. The molecule has 0 amide bonds. The van der Waals surface area contributed by atoms with Crippen LogP contribution >= 0.6 is 11.6 Å². The predicted octanol–water partition coefficient (Wildman–Crippen LogP) is 6.62. The number of fused-ring (bicyclic) bond motifs is 2. The number of rotatable bonds is 11. The number of hydrogen-bond acceptors (Lipinski definition) is 7. The quantitative estimate of drug-likeness (QED) is 0.126. The van der Waals surface area contributed by atoms with Crippen molar-refractivity contribution in [2.75, 3.05) is 26.2 Å². The van der Waals surface area contributed by atoms with Gasteiger partial charge in [0.15, 0.2) is 0 Å². The van der Waals surface area contributed by atoms with E-state index in [0.717, 1.165) is 53.9 Å². The Morgan fingerprint density at radius 2 is 1.83 bits per heavy atom. The molecule has 41 heavy (non-hydrogen) atoms. The standard InChI is InChI=1S/C30H36ClN7O2Si/c1-21-34-24-7-6-23(16-27(24)38(21)20-39-14-15-41(2,3)4)40-28-9-8-25-30(29(28)31)35-26(18-32-25)22-17-33-37(19-22)13-12-36-10-5-11-36/h6-9,16-19H,5,10-15,20H2,1-4H3. The Kier molecular flexibility index (Phi) is 7.82. The molecule has 0 bridgehead atoms. The molecule has 0 unspecified atom stereocenters. The lowest BCUT2D eigenvalue weighted by molar-refractivity contribution is 0.0885. The predicted molar refractivity (Wildman–Crippen MR) is 165 cm³/mol. The molecule has 214 valence electrons. The molecule has 5 aromatic rings. The number of benzene rings is 2. The van der Waals surface area contributed by atoms with E-state index in [1.54, 1.807) is 6.20 Å². The number of aryl methyl sites for hydroxylation is 1. The van der Waals surface area contributed by atoms with Gasteiger partial charge in [0, 0.05) is 39.1 Å². The topological polar surface area (TPSA) is 83.1 Å². The molecule has 4 heterocycles. The average Bonchev–Trinajstić information content (AvgIpc) is 3.50. The Hall–Kier alpha value is -3.31. The first-order chi connectivity index (χ1) is 19.7. The van der Waals surface area contributed by atoms with Gasteiger partial charge in [0.25, 0.3) is 0 Å². The van der Waals surface area contributed by atoms with E-state index in [9.17, 15) is 0 Å². The Labute approximate surface area is 246 Å². The fraction of sp³-hybridized carbons (Fsp3) is 0.400. The van der Waals surface area contributed by atoms with Crippen molar-refractivity contribution in [3.05, 3.63) is 59.8 Å². The minimum absolute atomic E-state index is 0.418. The maximum absolute atomic E-state index is 6.85. The first kappa shape index (κ1) is 27.8. The van der Waals surface area contributed by atoms with Gasteiger partial charge in [-0.05, 0) is 56.7 Å². The van der Waals surface area contributed by atoms with Gasteiger partial charge < -0.3 is 18.9 Å². The molecule has 0 N–H and O–H groups in total. The molecule has 2 aromatic carbocycles. The molecule has 3 aromatic heterocycles. The third-order valence-corrected chi connectivity index (χ3v) is 9.57. The zero-order valence-electron chi connectivity index (χ0n) is 24.1. The number of halogens is 1. The van der Waals surface area contributed by atoms with Crippen LogP contribution in [0.25, 0.3) is 33.3 Å². The van der Waals surface area contributed by atoms with Crippen LogP contribution in [0.2, 0.25) is 30.7 Å². The first-order valence-electron chi connectivity index (χ1n) is 14.2. The molecule has 9 nitrogen and oxygen atoms in total. The highest BCUT2D eigenvalue weighted by atomic mass is 35.5. The molecule has 0 saturated carbocycles. The summed E-state index contributed by atoms with van der Waals surface area (Å²) in [5.74, 6) is 2.08. The zero-order chi connectivity index (χ0) is 28.6. The van der Waals surface area contributed by atoms with Crippen molar-refractivity contribution in [1.82, 2.24) is 34.2 Å². The molecule has 0 spiro atoms. The van der Waals surface area contributed by atoms with E-state index in [2.05, 4.69) is 39.2 Å². The van der Waals surface area contributed by atoms with E-state index in [1.165, 1.54) is 19.5 Å². The second-order valence-electron chi connectivity index (χ2n) is 11.9. The van der Waals surface area contributed by atoms with Gasteiger partial charge in [-0.15, -0.1) is 0 Å². The fourth-order valence-corrected chi connectivity index (χ4v) is 5.82. The van der Waals surface area contributed by atoms with E-state index in [1.807, 2.05) is 54.3 Å². The summed E-state index contributed by atoms with van der Waals surface area (Å²) >= 11 is 6.85. The molecule has 1 aliphatic heterocycles. The largest absolute Gasteiger partial charge is 0.456 e. The van der Waals surface area contributed by atoms with Crippen LogP contribution in [-0.2, 0) is 18.0 Å². The first-order valence-corrected chi connectivity index (χ1v) is 18.2. The smallest absolute Gasteiger partial charge is 0.148 e. The third-order valence-electron chi connectivity index (χ3n) is 7.50. The summed E-state index contributed by atoms with van der Waals surface area (Å²) in [6.45, 7) is 14.5. The van der Waals surface area contributed by atoms with E-state index in [0.29, 0.717) is 34.3 Å². The van der Waals surface area contributed by atoms with Gasteiger partial charge >= 0.3 is 0 Å². The van der Waals surface area contributed by atoms with Gasteiger partial charge in [-0.2, -0.15) is 5.10 Å². The van der Waals surface area contributed by atoms with Crippen molar-refractivity contribution in [3.63, 3.8) is 0 Å². The summed E-state index contributed by atoms with van der Waals surface area (Å²) in [5, 5.41) is 4.93. The fourth-order valence-electron chi connectivity index (χ4n) is 4.82. The normalized spacial score (nSPS) is 14.2. The third kappa shape index (κ3) is 6.30. The van der Waals surface area contributed by atoms with Crippen LogP contribution in [0.1, 0.15) is 12.2 Å². The summed E-state index contributed by atoms with van der Waals surface area (Å²) in [7, 11) is -1.15. The van der Waals surface area contributed by atoms with Gasteiger partial charge in [0.05, 0.1) is 41.2 Å². The lowest BCUT2D eigenvalue weighted by Crippen LogP contribution is -2.39. The number of hydrogen-bond donors (Lipinski definition) is 0. The zero-order valence-corrected chi connectivity index (χ0v) is 25.9. The van der Waals surface area contributed by atoms with E-state index < -0.39 is 8.07 Å². The van der Waals surface area contributed by atoms with Crippen molar-refractivity contribution < 1.29 is 9.47 Å². The van der Waals surface area contributed by atoms with Gasteiger partial charge in [-0.1, -0.05) is 31.2 Å². The van der Waals surface area contributed by atoms with Crippen molar-refractivity contribution in [3.8, 4) is 22.8 Å². The second-order valence-corrected chi connectivity index (χ2v) is 17.9. The van der Waals surface area contributed by atoms with Crippen LogP contribution in [0.4, 0.5) is 0 Å². The Morgan fingerprint density at radius 3 is 2.61 bits per heavy atom. The number of ether oxygens (including phenoxy) is 2. The van der Waals surface area contributed by atoms with Crippen LogP contribution in [-0.4, -0.2) is 68.5 Å². The molecule has 0 atom stereocenters. The van der Waals surface area contributed by atoms with Crippen molar-refractivity contribution in [2.45, 2.75) is 52.3 Å². The van der Waals surface area contributed by atoms with Crippen molar-refractivity contribution in [2.24, 2.45) is 0 Å². The monoisotopic (exact) mass is 589 g/mol. The van der Waals surface area contributed by atoms with E-state index in [-0.39, 0.29) is 0 Å². The average molecular weight is 590 g/mol. The summed E-state index contributed by atoms with van der Waals surface area (Å²) in [5.41, 5.74) is 4.78. The van der Waals surface area contributed by atoms with Crippen LogP contribution in [0.5, 0.6) is 11.5 Å². The molecule has 0 radical (unpaired) electrons. The summed E-state index contributed by atoms with van der Waals surface area (Å²) in [6.07, 6.45) is 6.89. The molecule has 1 saturated heterocycles. The van der Waals surface area contributed by atoms with Gasteiger partial charge in [0.2, 0.25) is 0 Å². The lowest BCUT2D eigenvalue weighted by Gasteiger charge is -2.30. The summed E-state index contributed by atoms with van der Waals surface area (Å²) in [6, 6.07) is 10.7. The van der Waals surface area contributed by atoms with Crippen molar-refractivity contribution in [1.29, 1.82) is 0 Å².